The molecule has 126 valence electrons. The van der Waals surface area contributed by atoms with Crippen LogP contribution in [-0.2, 0) is 10.0 Å². The summed E-state index contributed by atoms with van der Waals surface area (Å²) in [6.07, 6.45) is 0. The Balaban J connectivity index is 2.45. The number of methoxy groups -OCH3 is 2. The topological polar surface area (TPSA) is 88.4 Å². The Morgan fingerprint density at radius 3 is 2.25 bits per heavy atom. The van der Waals surface area contributed by atoms with E-state index < -0.39 is 10.0 Å². The highest BCUT2D eigenvalue weighted by atomic mass is 35.5. The molecule has 0 spiro atoms. The Morgan fingerprint density at radius 1 is 1.04 bits per heavy atom. The summed E-state index contributed by atoms with van der Waals surface area (Å²) in [4.78, 5) is -0.0968. The van der Waals surface area contributed by atoms with Crippen molar-refractivity contribution < 1.29 is 17.9 Å². The Morgan fingerprint density at radius 2 is 1.71 bits per heavy atom. The monoisotopic (exact) mass is 386 g/mol. The number of benzene rings is 2. The van der Waals surface area contributed by atoms with Gasteiger partial charge in [-0.15, -0.1) is 0 Å². The fourth-order valence-electron chi connectivity index (χ4n) is 1.90. The van der Waals surface area contributed by atoms with E-state index in [1.165, 1.54) is 44.6 Å². The summed E-state index contributed by atoms with van der Waals surface area (Å²) < 4.78 is 37.6. The molecule has 0 fully saturated rings. The Labute approximate surface area is 149 Å². The van der Waals surface area contributed by atoms with Crippen LogP contribution in [0, 0.1) is 11.3 Å². The quantitative estimate of drug-likeness (QED) is 0.846. The zero-order valence-corrected chi connectivity index (χ0v) is 15.0. The molecule has 2 aromatic rings. The summed E-state index contributed by atoms with van der Waals surface area (Å²) in [6, 6.07) is 8.51. The molecule has 24 heavy (non-hydrogen) atoms. The zero-order valence-electron chi connectivity index (χ0n) is 12.6. The van der Waals surface area contributed by atoms with Crippen molar-refractivity contribution in [3.63, 3.8) is 0 Å². The fraction of sp³-hybridized carbons (Fsp3) is 0.133. The van der Waals surface area contributed by atoms with Crippen molar-refractivity contribution in [2.24, 2.45) is 0 Å². The number of nitrogens with zero attached hydrogens (tertiary/aromatic N) is 1. The first-order chi connectivity index (χ1) is 11.3. The predicted molar refractivity (Wildman–Crippen MR) is 91.5 cm³/mol. The van der Waals surface area contributed by atoms with Crippen LogP contribution >= 0.6 is 23.2 Å². The van der Waals surface area contributed by atoms with E-state index in [-0.39, 0.29) is 31.9 Å². The first-order valence-electron chi connectivity index (χ1n) is 6.46. The van der Waals surface area contributed by atoms with Crippen molar-refractivity contribution in [1.82, 2.24) is 0 Å². The lowest BCUT2D eigenvalue weighted by molar-refractivity contribution is 0.396. The predicted octanol–water partition coefficient (Wildman–Crippen LogP) is 3.68. The van der Waals surface area contributed by atoms with Gasteiger partial charge in [-0.2, -0.15) is 5.26 Å². The molecule has 0 aliphatic rings. The lowest BCUT2D eigenvalue weighted by Crippen LogP contribution is -2.14. The highest BCUT2D eigenvalue weighted by molar-refractivity contribution is 7.92. The second kappa shape index (κ2) is 7.18. The van der Waals surface area contributed by atoms with E-state index in [0.717, 1.165) is 0 Å². The smallest absolute Gasteiger partial charge is 0.262 e. The SMILES string of the molecule is COc1cc(OC)c(NS(=O)(=O)c2ccc(C#N)c(Cl)c2)cc1Cl. The molecule has 0 heterocycles. The third-order valence-corrected chi connectivity index (χ3v) is 5.06. The van der Waals surface area contributed by atoms with E-state index in [0.29, 0.717) is 5.75 Å². The van der Waals surface area contributed by atoms with Crippen molar-refractivity contribution in [2.75, 3.05) is 18.9 Å². The van der Waals surface area contributed by atoms with Crippen molar-refractivity contribution in [3.05, 3.63) is 45.9 Å². The maximum atomic E-state index is 12.5. The molecule has 9 heteroatoms. The molecule has 0 radical (unpaired) electrons. The van der Waals surface area contributed by atoms with Crippen molar-refractivity contribution >= 4 is 38.9 Å². The number of halogens is 2. The van der Waals surface area contributed by atoms with Crippen molar-refractivity contribution in [2.45, 2.75) is 4.90 Å². The van der Waals surface area contributed by atoms with Crippen LogP contribution in [0.1, 0.15) is 5.56 Å². The van der Waals surface area contributed by atoms with Crippen LogP contribution in [0.3, 0.4) is 0 Å². The molecule has 1 N–H and O–H groups in total. The molecule has 0 saturated carbocycles. The Bertz CT molecular complexity index is 924. The van der Waals surface area contributed by atoms with Crippen LogP contribution in [0.5, 0.6) is 11.5 Å². The fourth-order valence-corrected chi connectivity index (χ4v) is 3.51. The molecule has 0 bridgehead atoms. The Kier molecular flexibility index (Phi) is 5.44. The van der Waals surface area contributed by atoms with Gasteiger partial charge in [-0.25, -0.2) is 8.42 Å². The largest absolute Gasteiger partial charge is 0.495 e. The van der Waals surface area contributed by atoms with Crippen LogP contribution < -0.4 is 14.2 Å². The maximum absolute atomic E-state index is 12.5. The van der Waals surface area contributed by atoms with Gasteiger partial charge in [0.25, 0.3) is 10.0 Å². The van der Waals surface area contributed by atoms with Gasteiger partial charge in [0.15, 0.2) is 0 Å². The van der Waals surface area contributed by atoms with Crippen molar-refractivity contribution in [3.8, 4) is 17.6 Å². The van der Waals surface area contributed by atoms with E-state index in [2.05, 4.69) is 4.72 Å². The molecule has 0 aliphatic carbocycles. The molecule has 0 saturated heterocycles. The minimum absolute atomic E-state index is 0.0418. The van der Waals surface area contributed by atoms with Gasteiger partial charge in [-0.1, -0.05) is 23.2 Å². The van der Waals surface area contributed by atoms with Gasteiger partial charge in [0.05, 0.1) is 40.4 Å². The molecule has 2 aromatic carbocycles. The zero-order chi connectivity index (χ0) is 17.9. The van der Waals surface area contributed by atoms with Gasteiger partial charge in [0, 0.05) is 6.07 Å². The number of nitriles is 1. The number of rotatable bonds is 5. The standard InChI is InChI=1S/C15H12Cl2N2O4S/c1-22-14-7-15(23-2)13(6-12(14)17)19-24(20,21)10-4-3-9(8-18)11(16)5-10/h3-7,19H,1-2H3. The maximum Gasteiger partial charge on any atom is 0.262 e. The highest BCUT2D eigenvalue weighted by Gasteiger charge is 2.19. The Hall–Kier alpha value is -2.14. The van der Waals surface area contributed by atoms with E-state index in [1.54, 1.807) is 0 Å². The molecule has 2 rings (SSSR count). The molecular weight excluding hydrogens is 375 g/mol. The van der Waals surface area contributed by atoms with E-state index in [9.17, 15) is 8.42 Å². The van der Waals surface area contributed by atoms with Gasteiger partial charge >= 0.3 is 0 Å². The van der Waals surface area contributed by atoms with Crippen LogP contribution in [0.25, 0.3) is 0 Å². The number of hydrogen-bond donors (Lipinski definition) is 1. The second-order valence-corrected chi connectivity index (χ2v) is 7.04. The minimum atomic E-state index is -3.95. The first-order valence-corrected chi connectivity index (χ1v) is 8.70. The van der Waals surface area contributed by atoms with Gasteiger partial charge < -0.3 is 9.47 Å². The number of sulfonamides is 1. The summed E-state index contributed by atoms with van der Waals surface area (Å²) in [5.41, 5.74) is 0.324. The average molecular weight is 387 g/mol. The van der Waals surface area contributed by atoms with E-state index in [4.69, 9.17) is 37.9 Å². The molecule has 6 nitrogen and oxygen atoms in total. The van der Waals surface area contributed by atoms with Crippen LogP contribution in [-0.4, -0.2) is 22.6 Å². The summed E-state index contributed by atoms with van der Waals surface area (Å²) in [5, 5.41) is 9.11. The third kappa shape index (κ3) is 3.67. The molecule has 0 atom stereocenters. The van der Waals surface area contributed by atoms with E-state index >= 15 is 0 Å². The third-order valence-electron chi connectivity index (χ3n) is 3.09. The second-order valence-electron chi connectivity index (χ2n) is 4.55. The average Bonchev–Trinajstić information content (AvgIpc) is 2.54. The summed E-state index contributed by atoms with van der Waals surface area (Å²) in [5.74, 6) is 0.581. The summed E-state index contributed by atoms with van der Waals surface area (Å²) >= 11 is 11.9. The number of ether oxygens (including phenoxy) is 2. The van der Waals surface area contributed by atoms with Gasteiger partial charge in [-0.3, -0.25) is 4.72 Å². The lowest BCUT2D eigenvalue weighted by Gasteiger charge is -2.14. The molecular formula is C15H12Cl2N2O4S. The number of nitrogens with one attached hydrogen (secondary N) is 1. The van der Waals surface area contributed by atoms with Gasteiger partial charge in [0.2, 0.25) is 0 Å². The van der Waals surface area contributed by atoms with Gasteiger partial charge in [0.1, 0.15) is 17.6 Å². The lowest BCUT2D eigenvalue weighted by atomic mass is 10.2. The first kappa shape index (κ1) is 18.2. The molecule has 0 amide bonds. The van der Waals surface area contributed by atoms with Crippen LogP contribution in [0.2, 0.25) is 10.0 Å². The molecule has 0 unspecified atom stereocenters. The number of anilines is 1. The van der Waals surface area contributed by atoms with Gasteiger partial charge in [-0.05, 0) is 24.3 Å². The highest BCUT2D eigenvalue weighted by Crippen LogP contribution is 2.37. The van der Waals surface area contributed by atoms with E-state index in [1.807, 2.05) is 6.07 Å². The number of hydrogen-bond acceptors (Lipinski definition) is 5. The molecule has 0 aliphatic heterocycles. The summed E-state index contributed by atoms with van der Waals surface area (Å²) in [7, 11) is -1.13. The normalized spacial score (nSPS) is 10.8. The van der Waals surface area contributed by atoms with Crippen molar-refractivity contribution in [1.29, 1.82) is 5.26 Å². The van der Waals surface area contributed by atoms with Crippen LogP contribution in [0.4, 0.5) is 5.69 Å². The minimum Gasteiger partial charge on any atom is -0.495 e. The van der Waals surface area contributed by atoms with Crippen LogP contribution in [0.15, 0.2) is 35.2 Å². The molecule has 0 aromatic heterocycles. The summed E-state index contributed by atoms with van der Waals surface area (Å²) in [6.45, 7) is 0.